The third-order valence-corrected chi connectivity index (χ3v) is 4.32. The van der Waals surface area contributed by atoms with E-state index in [1.807, 2.05) is 0 Å². The van der Waals surface area contributed by atoms with E-state index >= 15 is 0 Å². The Balaban J connectivity index is 2.37. The second-order valence-electron chi connectivity index (χ2n) is 4.86. The first-order valence-electron chi connectivity index (χ1n) is 6.68. The highest BCUT2D eigenvalue weighted by Crippen LogP contribution is 2.43. The van der Waals surface area contributed by atoms with Gasteiger partial charge in [0.1, 0.15) is 0 Å². The number of nitrogens with one attached hydrogen (secondary N) is 1. The van der Waals surface area contributed by atoms with Gasteiger partial charge in [-0.05, 0) is 30.3 Å². The lowest BCUT2D eigenvalue weighted by Gasteiger charge is -2.11. The second kappa shape index (κ2) is 7.32. The highest BCUT2D eigenvalue weighted by molar-refractivity contribution is 7.99. The van der Waals surface area contributed by atoms with Crippen LogP contribution in [0.25, 0.3) is 0 Å². The molecule has 0 radical (unpaired) electrons. The summed E-state index contributed by atoms with van der Waals surface area (Å²) in [7, 11) is 0. The molecule has 0 saturated heterocycles. The zero-order valence-electron chi connectivity index (χ0n) is 12.6. The molecule has 0 atom stereocenters. The average Bonchev–Trinajstić information content (AvgIpc) is 2.47. The predicted molar refractivity (Wildman–Crippen MR) is 88.0 cm³/mol. The van der Waals surface area contributed by atoms with Gasteiger partial charge in [-0.25, -0.2) is 0 Å². The molecule has 0 aliphatic rings. The number of carbonyl (C=O) groups is 1. The first-order chi connectivity index (χ1) is 11.6. The normalized spacial score (nSPS) is 11.2. The monoisotopic (exact) mass is 390 g/mol. The Bertz CT molecular complexity index is 826. The number of alkyl halides is 3. The molecule has 0 aromatic heterocycles. The van der Waals surface area contributed by atoms with Crippen LogP contribution in [0.15, 0.2) is 46.2 Å². The van der Waals surface area contributed by atoms with Gasteiger partial charge in [0.2, 0.25) is 5.91 Å². The number of rotatable bonds is 4. The molecule has 1 N–H and O–H groups in total. The summed E-state index contributed by atoms with van der Waals surface area (Å²) in [5.41, 5.74) is -1.42. The smallest absolute Gasteiger partial charge is 0.326 e. The molecule has 2 aromatic carbocycles. The third kappa shape index (κ3) is 4.86. The van der Waals surface area contributed by atoms with Gasteiger partial charge in [0.05, 0.1) is 20.4 Å². The fourth-order valence-corrected chi connectivity index (χ4v) is 3.20. The number of hydrogen-bond donors (Lipinski definition) is 1. The van der Waals surface area contributed by atoms with Crippen LogP contribution in [0.4, 0.5) is 24.5 Å². The summed E-state index contributed by atoms with van der Waals surface area (Å²) < 4.78 is 38.6. The molecule has 25 heavy (non-hydrogen) atoms. The Morgan fingerprint density at radius 1 is 1.24 bits per heavy atom. The maximum Gasteiger partial charge on any atom is 0.418 e. The number of nitro benzene ring substituents is 1. The predicted octanol–water partition coefficient (Wildman–Crippen LogP) is 5.38. The molecule has 2 rings (SSSR count). The molecule has 0 saturated carbocycles. The summed E-state index contributed by atoms with van der Waals surface area (Å²) in [6, 6.07) is 7.64. The number of carbonyl (C=O) groups excluding carboxylic acids is 1. The fourth-order valence-electron chi connectivity index (χ4n) is 1.92. The standard InChI is InChI=1S/C15H10ClF3N2O3S/c1-8(22)20-9-2-4-10(5-3-9)25-14-7-12(16)11(15(17,18)19)6-13(14)21(23)24/h2-7H,1H3,(H,20,22). The molecule has 2 aromatic rings. The molecular formula is C15H10ClF3N2O3S. The molecular weight excluding hydrogens is 381 g/mol. The van der Waals surface area contributed by atoms with Crippen molar-refractivity contribution in [2.24, 2.45) is 0 Å². The van der Waals surface area contributed by atoms with Crippen LogP contribution >= 0.6 is 23.4 Å². The molecule has 0 bridgehead atoms. The summed E-state index contributed by atoms with van der Waals surface area (Å²) in [6.45, 7) is 1.34. The zero-order valence-corrected chi connectivity index (χ0v) is 14.1. The van der Waals surface area contributed by atoms with Crippen molar-refractivity contribution in [1.82, 2.24) is 0 Å². The third-order valence-electron chi connectivity index (χ3n) is 2.95. The van der Waals surface area contributed by atoms with Crippen LogP contribution in [0.2, 0.25) is 5.02 Å². The Morgan fingerprint density at radius 2 is 1.84 bits per heavy atom. The Morgan fingerprint density at radius 3 is 2.32 bits per heavy atom. The summed E-state index contributed by atoms with van der Waals surface area (Å²) in [5.74, 6) is -0.259. The SMILES string of the molecule is CC(=O)Nc1ccc(Sc2cc(Cl)c(C(F)(F)F)cc2[N+](=O)[O-])cc1. The van der Waals surface area contributed by atoms with Gasteiger partial charge in [-0.1, -0.05) is 23.4 Å². The van der Waals surface area contributed by atoms with Gasteiger partial charge in [-0.2, -0.15) is 13.2 Å². The van der Waals surface area contributed by atoms with E-state index in [-0.39, 0.29) is 10.8 Å². The van der Waals surface area contributed by atoms with Crippen LogP contribution < -0.4 is 5.32 Å². The first kappa shape index (κ1) is 19.1. The minimum Gasteiger partial charge on any atom is -0.326 e. The van der Waals surface area contributed by atoms with Crippen molar-refractivity contribution in [3.05, 3.63) is 57.1 Å². The number of nitro groups is 1. The van der Waals surface area contributed by atoms with Crippen molar-refractivity contribution < 1.29 is 22.9 Å². The second-order valence-corrected chi connectivity index (χ2v) is 6.38. The summed E-state index contributed by atoms with van der Waals surface area (Å²) in [4.78, 5) is 21.7. The minimum atomic E-state index is -4.79. The van der Waals surface area contributed by atoms with Gasteiger partial charge < -0.3 is 5.32 Å². The molecule has 0 aliphatic heterocycles. The van der Waals surface area contributed by atoms with Crippen molar-refractivity contribution in [2.45, 2.75) is 22.9 Å². The van der Waals surface area contributed by atoms with Crippen molar-refractivity contribution in [3.8, 4) is 0 Å². The number of halogens is 4. The summed E-state index contributed by atoms with van der Waals surface area (Å²) in [5, 5.41) is 13.1. The number of nitrogens with zero attached hydrogens (tertiary/aromatic N) is 1. The van der Waals surface area contributed by atoms with Crippen LogP contribution in [-0.2, 0) is 11.0 Å². The lowest BCUT2D eigenvalue weighted by Crippen LogP contribution is -2.07. The van der Waals surface area contributed by atoms with Crippen LogP contribution in [0, 0.1) is 10.1 Å². The van der Waals surface area contributed by atoms with E-state index in [0.29, 0.717) is 16.6 Å². The van der Waals surface area contributed by atoms with Crippen LogP contribution in [0.3, 0.4) is 0 Å². The molecule has 5 nitrogen and oxygen atoms in total. The number of hydrogen-bond acceptors (Lipinski definition) is 4. The molecule has 0 unspecified atom stereocenters. The average molecular weight is 391 g/mol. The fraction of sp³-hybridized carbons (Fsp3) is 0.133. The Labute approximate surface area is 149 Å². The van der Waals surface area contributed by atoms with Crippen molar-refractivity contribution in [3.63, 3.8) is 0 Å². The van der Waals surface area contributed by atoms with Crippen LogP contribution in [-0.4, -0.2) is 10.8 Å². The minimum absolute atomic E-state index is 0.0183. The lowest BCUT2D eigenvalue weighted by molar-refractivity contribution is -0.388. The van der Waals surface area contributed by atoms with E-state index in [4.69, 9.17) is 11.6 Å². The van der Waals surface area contributed by atoms with Crippen LogP contribution in [0.5, 0.6) is 0 Å². The van der Waals surface area contributed by atoms with E-state index in [1.54, 1.807) is 24.3 Å². The molecule has 0 fully saturated rings. The van der Waals surface area contributed by atoms with Crippen molar-refractivity contribution >= 4 is 40.6 Å². The Hall–Kier alpha value is -2.26. The van der Waals surface area contributed by atoms with Crippen molar-refractivity contribution in [1.29, 1.82) is 0 Å². The van der Waals surface area contributed by atoms with Gasteiger partial charge in [0.15, 0.2) is 0 Å². The first-order valence-corrected chi connectivity index (χ1v) is 7.88. The highest BCUT2D eigenvalue weighted by atomic mass is 35.5. The molecule has 10 heteroatoms. The number of amides is 1. The molecule has 0 heterocycles. The van der Waals surface area contributed by atoms with Gasteiger partial charge in [-0.15, -0.1) is 0 Å². The maximum absolute atomic E-state index is 12.9. The van der Waals surface area contributed by atoms with Gasteiger partial charge in [0, 0.05) is 23.6 Å². The van der Waals surface area contributed by atoms with E-state index in [0.717, 1.165) is 17.8 Å². The van der Waals surface area contributed by atoms with E-state index < -0.39 is 27.4 Å². The van der Waals surface area contributed by atoms with Gasteiger partial charge >= 0.3 is 6.18 Å². The highest BCUT2D eigenvalue weighted by Gasteiger charge is 2.36. The molecule has 0 aliphatic carbocycles. The summed E-state index contributed by atoms with van der Waals surface area (Å²) >= 11 is 6.53. The van der Waals surface area contributed by atoms with Gasteiger partial charge in [0.25, 0.3) is 5.69 Å². The van der Waals surface area contributed by atoms with E-state index in [2.05, 4.69) is 5.32 Å². The number of benzene rings is 2. The zero-order chi connectivity index (χ0) is 18.8. The van der Waals surface area contributed by atoms with E-state index in [9.17, 15) is 28.1 Å². The summed E-state index contributed by atoms with van der Waals surface area (Å²) in [6.07, 6.45) is -4.79. The van der Waals surface area contributed by atoms with Crippen molar-refractivity contribution in [2.75, 3.05) is 5.32 Å². The van der Waals surface area contributed by atoms with Crippen LogP contribution in [0.1, 0.15) is 12.5 Å². The molecule has 1 amide bonds. The molecule has 0 spiro atoms. The maximum atomic E-state index is 12.9. The number of anilines is 1. The largest absolute Gasteiger partial charge is 0.418 e. The van der Waals surface area contributed by atoms with E-state index in [1.165, 1.54) is 6.92 Å². The van der Waals surface area contributed by atoms with Gasteiger partial charge in [-0.3, -0.25) is 14.9 Å². The quantitative estimate of drug-likeness (QED) is 0.562. The molecule has 132 valence electrons. The topological polar surface area (TPSA) is 72.2 Å². The Kier molecular flexibility index (Phi) is 5.58. The lowest BCUT2D eigenvalue weighted by atomic mass is 10.2.